The number of hydrogen-bond acceptors (Lipinski definition) is 1. The van der Waals surface area contributed by atoms with Crippen molar-refractivity contribution in [1.29, 1.82) is 0 Å². The van der Waals surface area contributed by atoms with Gasteiger partial charge >= 0.3 is 0 Å². The van der Waals surface area contributed by atoms with Gasteiger partial charge in [-0.25, -0.2) is 0 Å². The van der Waals surface area contributed by atoms with E-state index in [9.17, 15) is 4.79 Å². The van der Waals surface area contributed by atoms with Crippen molar-refractivity contribution < 1.29 is 4.79 Å². The van der Waals surface area contributed by atoms with Gasteiger partial charge in [0.05, 0.1) is 0 Å². The third-order valence-electron chi connectivity index (χ3n) is 4.16. The van der Waals surface area contributed by atoms with E-state index in [2.05, 4.69) is 50.4 Å². The summed E-state index contributed by atoms with van der Waals surface area (Å²) in [7, 11) is 1.97. The second-order valence-electron chi connectivity index (χ2n) is 6.98. The van der Waals surface area contributed by atoms with E-state index in [1.54, 1.807) is 0 Å². The molecule has 0 atom stereocenters. The molecule has 1 aromatic carbocycles. The average Bonchev–Trinajstić information content (AvgIpc) is 3.06. The van der Waals surface area contributed by atoms with E-state index >= 15 is 0 Å². The number of carbonyl (C=O) groups is 1. The van der Waals surface area contributed by atoms with Crippen molar-refractivity contribution in [3.63, 3.8) is 0 Å². The van der Waals surface area contributed by atoms with Crippen molar-refractivity contribution >= 4 is 17.7 Å². The third kappa shape index (κ3) is 3.14. The molecule has 0 aliphatic carbocycles. The highest BCUT2D eigenvalue weighted by Crippen LogP contribution is 2.26. The SMILES string of the molecule is Cn1cccc1C=C1C=C(c2ccc(C(C)(C)C)cc2)NC1=O. The molecule has 3 rings (SSSR count). The molecule has 1 aromatic heterocycles. The summed E-state index contributed by atoms with van der Waals surface area (Å²) in [5.74, 6) is -0.0545. The molecule has 1 aliphatic heterocycles. The van der Waals surface area contributed by atoms with Gasteiger partial charge in [0.1, 0.15) is 0 Å². The fourth-order valence-electron chi connectivity index (χ4n) is 2.65. The second-order valence-corrected chi connectivity index (χ2v) is 6.98. The number of aryl methyl sites for hydroxylation is 1. The lowest BCUT2D eigenvalue weighted by atomic mass is 9.86. The van der Waals surface area contributed by atoms with Crippen molar-refractivity contribution in [2.75, 3.05) is 0 Å². The van der Waals surface area contributed by atoms with Gasteiger partial charge in [-0.2, -0.15) is 0 Å². The van der Waals surface area contributed by atoms with Crippen molar-refractivity contribution in [1.82, 2.24) is 9.88 Å². The predicted octanol–water partition coefficient (Wildman–Crippen LogP) is 3.88. The zero-order valence-corrected chi connectivity index (χ0v) is 14.1. The molecule has 0 saturated carbocycles. The van der Waals surface area contributed by atoms with Gasteiger partial charge in [-0.15, -0.1) is 0 Å². The lowest BCUT2D eigenvalue weighted by Crippen LogP contribution is -2.16. The highest BCUT2D eigenvalue weighted by atomic mass is 16.1. The largest absolute Gasteiger partial charge is 0.351 e. The lowest BCUT2D eigenvalue weighted by molar-refractivity contribution is -0.115. The molecule has 2 heterocycles. The van der Waals surface area contributed by atoms with Crippen molar-refractivity contribution in [3.8, 4) is 0 Å². The normalized spacial score (nSPS) is 16.6. The number of nitrogens with one attached hydrogen (secondary N) is 1. The third-order valence-corrected chi connectivity index (χ3v) is 4.16. The molecule has 0 bridgehead atoms. The lowest BCUT2D eigenvalue weighted by Gasteiger charge is -2.19. The minimum atomic E-state index is -0.0545. The Kier molecular flexibility index (Phi) is 3.72. The minimum absolute atomic E-state index is 0.0545. The Bertz CT molecular complexity index is 799. The fourth-order valence-corrected chi connectivity index (χ4v) is 2.65. The van der Waals surface area contributed by atoms with Crippen LogP contribution in [0.15, 0.2) is 54.2 Å². The van der Waals surface area contributed by atoms with Crippen LogP contribution < -0.4 is 5.32 Å². The van der Waals surface area contributed by atoms with Gasteiger partial charge in [-0.1, -0.05) is 45.0 Å². The molecular weight excluding hydrogens is 284 g/mol. The predicted molar refractivity (Wildman–Crippen MR) is 94.7 cm³/mol. The molecule has 1 amide bonds. The van der Waals surface area contributed by atoms with Gasteiger partial charge in [0.2, 0.25) is 0 Å². The number of amides is 1. The molecule has 118 valence electrons. The van der Waals surface area contributed by atoms with E-state index < -0.39 is 0 Å². The smallest absolute Gasteiger partial charge is 0.255 e. The van der Waals surface area contributed by atoms with E-state index in [1.165, 1.54) is 5.56 Å². The first-order chi connectivity index (χ1) is 10.8. The number of rotatable bonds is 2. The molecule has 3 heteroatoms. The minimum Gasteiger partial charge on any atom is -0.351 e. The van der Waals surface area contributed by atoms with Gasteiger partial charge < -0.3 is 9.88 Å². The van der Waals surface area contributed by atoms with Crippen LogP contribution in [0, 0.1) is 0 Å². The summed E-state index contributed by atoms with van der Waals surface area (Å²) in [4.78, 5) is 12.2. The zero-order chi connectivity index (χ0) is 16.6. The van der Waals surface area contributed by atoms with Gasteiger partial charge in [0, 0.05) is 30.2 Å². The van der Waals surface area contributed by atoms with E-state index in [0.29, 0.717) is 5.57 Å². The van der Waals surface area contributed by atoms with E-state index in [4.69, 9.17) is 0 Å². The maximum Gasteiger partial charge on any atom is 0.255 e. The van der Waals surface area contributed by atoms with Crippen LogP contribution in [0.1, 0.15) is 37.6 Å². The molecule has 1 aliphatic rings. The monoisotopic (exact) mass is 306 g/mol. The maximum absolute atomic E-state index is 12.2. The molecule has 0 spiro atoms. The standard InChI is InChI=1S/C20H22N2O/c1-20(2,3)16-9-7-14(8-10-16)18-13-15(19(23)21-18)12-17-6-5-11-22(17)4/h5-13H,1-4H3,(H,21,23). The Morgan fingerprint density at radius 2 is 1.78 bits per heavy atom. The maximum atomic E-state index is 12.2. The summed E-state index contributed by atoms with van der Waals surface area (Å²) in [6, 6.07) is 12.3. The summed E-state index contributed by atoms with van der Waals surface area (Å²) in [5.41, 5.74) is 4.99. The zero-order valence-electron chi connectivity index (χ0n) is 14.1. The van der Waals surface area contributed by atoms with Crippen LogP contribution in [0.4, 0.5) is 0 Å². The summed E-state index contributed by atoms with van der Waals surface area (Å²) in [6.45, 7) is 6.58. The molecule has 3 nitrogen and oxygen atoms in total. The molecule has 23 heavy (non-hydrogen) atoms. The summed E-state index contributed by atoms with van der Waals surface area (Å²) in [6.07, 6.45) is 5.79. The number of hydrogen-bond donors (Lipinski definition) is 1. The van der Waals surface area contributed by atoms with Gasteiger partial charge in [-0.05, 0) is 40.8 Å². The molecule has 0 saturated heterocycles. The topological polar surface area (TPSA) is 34.0 Å². The van der Waals surface area contributed by atoms with Crippen LogP contribution >= 0.6 is 0 Å². The average molecular weight is 306 g/mol. The van der Waals surface area contributed by atoms with Crippen LogP contribution in [-0.2, 0) is 17.3 Å². The quantitative estimate of drug-likeness (QED) is 0.840. The molecule has 0 fully saturated rings. The Morgan fingerprint density at radius 3 is 2.35 bits per heavy atom. The molecule has 2 aromatic rings. The molecule has 0 radical (unpaired) electrons. The molecule has 1 N–H and O–H groups in total. The van der Waals surface area contributed by atoms with E-state index in [-0.39, 0.29) is 11.3 Å². The Hall–Kier alpha value is -2.55. The van der Waals surface area contributed by atoms with Crippen molar-refractivity contribution in [2.24, 2.45) is 7.05 Å². The fraction of sp³-hybridized carbons (Fsp3) is 0.250. The number of aromatic nitrogens is 1. The van der Waals surface area contributed by atoms with Crippen LogP contribution in [0.25, 0.3) is 11.8 Å². The van der Waals surface area contributed by atoms with Gasteiger partial charge in [0.25, 0.3) is 5.91 Å². The Balaban J connectivity index is 1.90. The van der Waals surface area contributed by atoms with Crippen LogP contribution in [0.3, 0.4) is 0 Å². The first-order valence-electron chi connectivity index (χ1n) is 7.81. The first kappa shape index (κ1) is 15.3. The number of benzene rings is 1. The van der Waals surface area contributed by atoms with Crippen molar-refractivity contribution in [3.05, 3.63) is 71.1 Å². The van der Waals surface area contributed by atoms with Crippen molar-refractivity contribution in [2.45, 2.75) is 26.2 Å². The van der Waals surface area contributed by atoms with E-state index in [1.807, 2.05) is 42.1 Å². The highest BCUT2D eigenvalue weighted by molar-refractivity contribution is 6.10. The molecule has 0 unspecified atom stereocenters. The van der Waals surface area contributed by atoms with Crippen LogP contribution in [-0.4, -0.2) is 10.5 Å². The van der Waals surface area contributed by atoms with Gasteiger partial charge in [-0.3, -0.25) is 4.79 Å². The van der Waals surface area contributed by atoms with Crippen LogP contribution in [0.5, 0.6) is 0 Å². The summed E-state index contributed by atoms with van der Waals surface area (Å²) in [5, 5.41) is 2.95. The Morgan fingerprint density at radius 1 is 1.09 bits per heavy atom. The summed E-state index contributed by atoms with van der Waals surface area (Å²) < 4.78 is 1.99. The van der Waals surface area contributed by atoms with Gasteiger partial charge in [0.15, 0.2) is 0 Å². The summed E-state index contributed by atoms with van der Waals surface area (Å²) >= 11 is 0. The number of nitrogens with zero attached hydrogens (tertiary/aromatic N) is 1. The van der Waals surface area contributed by atoms with Crippen LogP contribution in [0.2, 0.25) is 0 Å². The number of carbonyl (C=O) groups excluding carboxylic acids is 1. The first-order valence-corrected chi connectivity index (χ1v) is 7.81. The second kappa shape index (κ2) is 5.58. The molecular formula is C20H22N2O. The highest BCUT2D eigenvalue weighted by Gasteiger charge is 2.20. The Labute approximate surface area is 137 Å². The van der Waals surface area contributed by atoms with E-state index in [0.717, 1.165) is 17.0 Å².